The van der Waals surface area contributed by atoms with Crippen molar-refractivity contribution in [2.24, 2.45) is 0 Å². The highest BCUT2D eigenvalue weighted by Gasteiger charge is 2.15. The van der Waals surface area contributed by atoms with Crippen LogP contribution in [0.3, 0.4) is 0 Å². The number of hydrogen-bond donors (Lipinski definition) is 2. The number of likely N-dealkylation sites (N-methyl/N-ethyl adjacent to an activating group) is 1. The third-order valence-corrected chi connectivity index (χ3v) is 3.24. The van der Waals surface area contributed by atoms with Crippen LogP contribution in [0.15, 0.2) is 28.7 Å². The lowest BCUT2D eigenvalue weighted by Gasteiger charge is -2.17. The molecule has 0 saturated heterocycles. The summed E-state index contributed by atoms with van der Waals surface area (Å²) in [6.07, 6.45) is -0.521. The number of rotatable bonds is 6. The molecule has 2 N–H and O–H groups in total. The molecular weight excluding hydrogens is 296 g/mol. The lowest BCUT2D eigenvalue weighted by atomic mass is 10.3. The van der Waals surface area contributed by atoms with Gasteiger partial charge in [0.1, 0.15) is 5.75 Å². The monoisotopic (exact) mass is 314 g/mol. The van der Waals surface area contributed by atoms with Crippen molar-refractivity contribution in [1.82, 2.24) is 10.6 Å². The highest BCUT2D eigenvalue weighted by Crippen LogP contribution is 2.24. The van der Waals surface area contributed by atoms with Crippen molar-refractivity contribution in [3.8, 4) is 5.75 Å². The molecule has 2 unspecified atom stereocenters. The van der Waals surface area contributed by atoms with E-state index in [0.717, 1.165) is 4.47 Å². The van der Waals surface area contributed by atoms with Crippen LogP contribution in [0.4, 0.5) is 0 Å². The molecule has 4 nitrogen and oxygen atoms in total. The molecule has 0 fully saturated rings. The van der Waals surface area contributed by atoms with Gasteiger partial charge in [-0.3, -0.25) is 4.79 Å². The maximum absolute atomic E-state index is 11.8. The van der Waals surface area contributed by atoms with Crippen molar-refractivity contribution >= 4 is 21.8 Å². The molecule has 2 atom stereocenters. The molecule has 0 aliphatic carbocycles. The minimum Gasteiger partial charge on any atom is -0.480 e. The minimum absolute atomic E-state index is 0.118. The van der Waals surface area contributed by atoms with Gasteiger partial charge in [-0.15, -0.1) is 0 Å². The van der Waals surface area contributed by atoms with Crippen LogP contribution in [0.1, 0.15) is 13.8 Å². The largest absolute Gasteiger partial charge is 0.480 e. The summed E-state index contributed by atoms with van der Waals surface area (Å²) in [5.74, 6) is 0.551. The summed E-state index contributed by atoms with van der Waals surface area (Å²) in [4.78, 5) is 11.8. The molecule has 0 radical (unpaired) electrons. The molecule has 100 valence electrons. The second kappa shape index (κ2) is 7.38. The van der Waals surface area contributed by atoms with E-state index in [-0.39, 0.29) is 11.9 Å². The molecule has 0 heterocycles. The molecule has 0 aliphatic heterocycles. The Balaban J connectivity index is 2.47. The summed E-state index contributed by atoms with van der Waals surface area (Å²) in [5, 5.41) is 5.89. The van der Waals surface area contributed by atoms with Crippen molar-refractivity contribution < 1.29 is 9.53 Å². The lowest BCUT2D eigenvalue weighted by molar-refractivity contribution is -0.127. The summed E-state index contributed by atoms with van der Waals surface area (Å²) in [7, 11) is 1.86. The maximum atomic E-state index is 11.8. The van der Waals surface area contributed by atoms with E-state index < -0.39 is 6.10 Å². The van der Waals surface area contributed by atoms with Crippen molar-refractivity contribution in [3.63, 3.8) is 0 Å². The Kier molecular flexibility index (Phi) is 6.15. The molecule has 1 rings (SSSR count). The van der Waals surface area contributed by atoms with Crippen molar-refractivity contribution in [2.75, 3.05) is 13.6 Å². The second-order valence-electron chi connectivity index (χ2n) is 4.13. The van der Waals surface area contributed by atoms with Crippen LogP contribution in [0.2, 0.25) is 0 Å². The number of nitrogens with one attached hydrogen (secondary N) is 2. The molecular formula is C13H19BrN2O2. The molecule has 1 amide bonds. The average Bonchev–Trinajstić information content (AvgIpc) is 2.38. The first-order valence-electron chi connectivity index (χ1n) is 5.90. The number of carbonyl (C=O) groups excluding carboxylic acids is 1. The standard InChI is InChI=1S/C13H19BrN2O2/c1-9(15-3)8-16-13(17)10(2)18-12-7-5-4-6-11(12)14/h4-7,9-10,15H,8H2,1-3H3,(H,16,17). The van der Waals surface area contributed by atoms with Crippen molar-refractivity contribution in [1.29, 1.82) is 0 Å². The van der Waals surface area contributed by atoms with Gasteiger partial charge in [0.05, 0.1) is 4.47 Å². The Morgan fingerprint density at radius 1 is 1.39 bits per heavy atom. The minimum atomic E-state index is -0.521. The highest BCUT2D eigenvalue weighted by atomic mass is 79.9. The highest BCUT2D eigenvalue weighted by molar-refractivity contribution is 9.10. The van der Waals surface area contributed by atoms with Crippen molar-refractivity contribution in [2.45, 2.75) is 26.0 Å². The summed E-state index contributed by atoms with van der Waals surface area (Å²) >= 11 is 3.38. The normalized spacial score (nSPS) is 13.8. The van der Waals surface area contributed by atoms with Gasteiger partial charge < -0.3 is 15.4 Å². The van der Waals surface area contributed by atoms with E-state index >= 15 is 0 Å². The second-order valence-corrected chi connectivity index (χ2v) is 4.98. The van der Waals surface area contributed by atoms with Crippen molar-refractivity contribution in [3.05, 3.63) is 28.7 Å². The third-order valence-electron chi connectivity index (χ3n) is 2.58. The van der Waals surface area contributed by atoms with E-state index in [0.29, 0.717) is 12.3 Å². The van der Waals surface area contributed by atoms with Gasteiger partial charge in [-0.2, -0.15) is 0 Å². The number of amides is 1. The zero-order chi connectivity index (χ0) is 13.5. The number of halogens is 1. The number of ether oxygens (including phenoxy) is 1. The van der Waals surface area contributed by atoms with Gasteiger partial charge >= 0.3 is 0 Å². The molecule has 1 aromatic carbocycles. The van der Waals surface area contributed by atoms with Crippen LogP contribution in [0, 0.1) is 0 Å². The van der Waals surface area contributed by atoms with Gasteiger partial charge in [0.25, 0.3) is 5.91 Å². The predicted molar refractivity (Wildman–Crippen MR) is 75.8 cm³/mol. The quantitative estimate of drug-likeness (QED) is 0.843. The fraction of sp³-hybridized carbons (Fsp3) is 0.462. The molecule has 0 bridgehead atoms. The van der Waals surface area contributed by atoms with Crippen LogP contribution in [0.5, 0.6) is 5.75 Å². The Morgan fingerprint density at radius 3 is 2.67 bits per heavy atom. The van der Waals surface area contributed by atoms with Crippen LogP contribution in [-0.4, -0.2) is 31.6 Å². The molecule has 1 aromatic rings. The van der Waals surface area contributed by atoms with Gasteiger partial charge in [0.15, 0.2) is 6.10 Å². The topological polar surface area (TPSA) is 50.4 Å². The van der Waals surface area contributed by atoms with Crippen LogP contribution in [0.25, 0.3) is 0 Å². The van der Waals surface area contributed by atoms with E-state index in [4.69, 9.17) is 4.74 Å². The van der Waals surface area contributed by atoms with Gasteiger partial charge in [0, 0.05) is 12.6 Å². The maximum Gasteiger partial charge on any atom is 0.260 e. The summed E-state index contributed by atoms with van der Waals surface area (Å²) in [6.45, 7) is 4.32. The first kappa shape index (κ1) is 15.0. The Labute approximate surface area is 116 Å². The Bertz CT molecular complexity index is 398. The molecule has 0 saturated carbocycles. The van der Waals surface area contributed by atoms with E-state index in [1.165, 1.54) is 0 Å². The van der Waals surface area contributed by atoms with Crippen LogP contribution < -0.4 is 15.4 Å². The molecule has 5 heteroatoms. The van der Waals surface area contributed by atoms with E-state index in [2.05, 4.69) is 26.6 Å². The Morgan fingerprint density at radius 2 is 2.06 bits per heavy atom. The SMILES string of the molecule is CNC(C)CNC(=O)C(C)Oc1ccccc1Br. The molecule has 0 aliphatic rings. The smallest absolute Gasteiger partial charge is 0.260 e. The first-order valence-corrected chi connectivity index (χ1v) is 6.70. The zero-order valence-corrected chi connectivity index (χ0v) is 12.5. The zero-order valence-electron chi connectivity index (χ0n) is 10.9. The van der Waals surface area contributed by atoms with Gasteiger partial charge in [-0.1, -0.05) is 12.1 Å². The fourth-order valence-electron chi connectivity index (χ4n) is 1.28. The summed E-state index contributed by atoms with van der Waals surface area (Å²) in [5.41, 5.74) is 0. The lowest BCUT2D eigenvalue weighted by Crippen LogP contribution is -2.42. The number of hydrogen-bond acceptors (Lipinski definition) is 3. The van der Waals surface area contributed by atoms with Crippen LogP contribution in [-0.2, 0) is 4.79 Å². The molecule has 0 aromatic heterocycles. The van der Waals surface area contributed by atoms with Gasteiger partial charge in [-0.25, -0.2) is 0 Å². The molecule has 0 spiro atoms. The molecule has 18 heavy (non-hydrogen) atoms. The van der Waals surface area contributed by atoms with Crippen LogP contribution >= 0.6 is 15.9 Å². The number of benzene rings is 1. The predicted octanol–water partition coefficient (Wildman–Crippen LogP) is 1.94. The fourth-order valence-corrected chi connectivity index (χ4v) is 1.66. The average molecular weight is 315 g/mol. The van der Waals surface area contributed by atoms with Gasteiger partial charge in [-0.05, 0) is 49.0 Å². The Hall–Kier alpha value is -1.07. The van der Waals surface area contributed by atoms with Gasteiger partial charge in [0.2, 0.25) is 0 Å². The van der Waals surface area contributed by atoms with E-state index in [9.17, 15) is 4.79 Å². The summed E-state index contributed by atoms with van der Waals surface area (Å²) in [6, 6.07) is 7.71. The third kappa shape index (κ3) is 4.66. The van der Waals surface area contributed by atoms with E-state index in [1.807, 2.05) is 38.2 Å². The number of carbonyl (C=O) groups is 1. The first-order chi connectivity index (χ1) is 8.54. The summed E-state index contributed by atoms with van der Waals surface area (Å²) < 4.78 is 6.43. The number of para-hydroxylation sites is 1. The van der Waals surface area contributed by atoms with E-state index in [1.54, 1.807) is 6.92 Å².